The fourth-order valence-corrected chi connectivity index (χ4v) is 2.99. The van der Waals surface area contributed by atoms with E-state index in [-0.39, 0.29) is 0 Å². The monoisotopic (exact) mass is 220 g/mol. The zero-order chi connectivity index (χ0) is 11.0. The maximum Gasteiger partial charge on any atom is 0.194 e. The number of oxazole rings is 1. The van der Waals surface area contributed by atoms with Gasteiger partial charge in [0, 0.05) is 12.3 Å². The lowest BCUT2D eigenvalue weighted by molar-refractivity contribution is 0.408. The van der Waals surface area contributed by atoms with Crippen LogP contribution in [0.4, 0.5) is 0 Å². The maximum absolute atomic E-state index is 5.84. The molecule has 2 unspecified atom stereocenters. The second-order valence-electron chi connectivity index (χ2n) is 5.29. The third kappa shape index (κ3) is 2.01. The highest BCUT2D eigenvalue weighted by atomic mass is 16.4. The number of rotatable bonds is 5. The van der Waals surface area contributed by atoms with E-state index < -0.39 is 0 Å². The molecule has 1 aromatic heterocycles. The Labute approximate surface area is 96.6 Å². The van der Waals surface area contributed by atoms with Gasteiger partial charge in [-0.2, -0.15) is 0 Å². The molecule has 2 aliphatic rings. The first kappa shape index (κ1) is 10.3. The Bertz CT molecular complexity index is 351. The highest BCUT2D eigenvalue weighted by Gasteiger charge is 2.47. The first-order valence-electron chi connectivity index (χ1n) is 6.46. The minimum atomic E-state index is 0.675. The van der Waals surface area contributed by atoms with Crippen LogP contribution in [0.3, 0.4) is 0 Å². The summed E-state index contributed by atoms with van der Waals surface area (Å²) >= 11 is 0. The standard InChI is InChI=1S/C13H20N2O/c1-14-4-2-3-13-15-8-12(16-13)11-6-9-5-10(9)7-11/h8-11,14H,2-7H2,1H3. The Morgan fingerprint density at radius 1 is 1.38 bits per heavy atom. The molecule has 2 fully saturated rings. The van der Waals surface area contributed by atoms with Crippen LogP contribution in [-0.4, -0.2) is 18.6 Å². The van der Waals surface area contributed by atoms with Gasteiger partial charge >= 0.3 is 0 Å². The van der Waals surface area contributed by atoms with E-state index in [0.717, 1.165) is 42.9 Å². The van der Waals surface area contributed by atoms with Gasteiger partial charge in [-0.05, 0) is 51.1 Å². The Kier molecular flexibility index (Phi) is 2.72. The minimum absolute atomic E-state index is 0.675. The van der Waals surface area contributed by atoms with Crippen molar-refractivity contribution in [1.82, 2.24) is 10.3 Å². The summed E-state index contributed by atoms with van der Waals surface area (Å²) in [5.74, 6) is 4.78. The SMILES string of the molecule is CNCCCc1ncc(C2CC3CC3C2)o1. The predicted molar refractivity (Wildman–Crippen MR) is 62.3 cm³/mol. The summed E-state index contributed by atoms with van der Waals surface area (Å²) in [5, 5.41) is 3.14. The van der Waals surface area contributed by atoms with E-state index in [2.05, 4.69) is 10.3 Å². The molecular formula is C13H20N2O. The summed E-state index contributed by atoms with van der Waals surface area (Å²) in [5.41, 5.74) is 0. The van der Waals surface area contributed by atoms with Crippen LogP contribution < -0.4 is 5.32 Å². The molecule has 16 heavy (non-hydrogen) atoms. The van der Waals surface area contributed by atoms with E-state index in [9.17, 15) is 0 Å². The fourth-order valence-electron chi connectivity index (χ4n) is 2.99. The summed E-state index contributed by atoms with van der Waals surface area (Å²) in [6.45, 7) is 1.03. The predicted octanol–water partition coefficient (Wildman–Crippen LogP) is 2.34. The molecule has 0 spiro atoms. The molecule has 88 valence electrons. The third-order valence-electron chi connectivity index (χ3n) is 4.03. The van der Waals surface area contributed by atoms with Gasteiger partial charge in [0.2, 0.25) is 0 Å². The van der Waals surface area contributed by atoms with E-state index in [1.807, 2.05) is 13.2 Å². The molecule has 1 heterocycles. The molecule has 0 saturated heterocycles. The summed E-state index contributed by atoms with van der Waals surface area (Å²) in [7, 11) is 1.98. The minimum Gasteiger partial charge on any atom is -0.445 e. The van der Waals surface area contributed by atoms with Crippen LogP contribution in [0.2, 0.25) is 0 Å². The van der Waals surface area contributed by atoms with Crippen LogP contribution in [0.15, 0.2) is 10.6 Å². The molecule has 3 nitrogen and oxygen atoms in total. The van der Waals surface area contributed by atoms with Gasteiger partial charge in [0.05, 0.1) is 6.20 Å². The zero-order valence-electron chi connectivity index (χ0n) is 9.91. The second kappa shape index (κ2) is 4.21. The van der Waals surface area contributed by atoms with Gasteiger partial charge in [0.25, 0.3) is 0 Å². The number of aryl methyl sites for hydroxylation is 1. The van der Waals surface area contributed by atoms with Crippen molar-refractivity contribution in [2.75, 3.05) is 13.6 Å². The molecule has 1 N–H and O–H groups in total. The van der Waals surface area contributed by atoms with Gasteiger partial charge in [-0.25, -0.2) is 4.98 Å². The molecule has 3 rings (SSSR count). The van der Waals surface area contributed by atoms with Gasteiger partial charge in [0.15, 0.2) is 5.89 Å². The third-order valence-corrected chi connectivity index (χ3v) is 4.03. The van der Waals surface area contributed by atoms with Crippen LogP contribution in [0, 0.1) is 11.8 Å². The molecule has 2 aliphatic carbocycles. The number of nitrogens with one attached hydrogen (secondary N) is 1. The zero-order valence-corrected chi connectivity index (χ0v) is 9.91. The van der Waals surface area contributed by atoms with E-state index in [0.29, 0.717) is 5.92 Å². The van der Waals surface area contributed by atoms with Crippen LogP contribution in [0.25, 0.3) is 0 Å². The summed E-state index contributed by atoms with van der Waals surface area (Å²) in [6.07, 6.45) is 8.18. The van der Waals surface area contributed by atoms with Crippen molar-refractivity contribution in [3.8, 4) is 0 Å². The summed E-state index contributed by atoms with van der Waals surface area (Å²) in [6, 6.07) is 0. The second-order valence-corrected chi connectivity index (χ2v) is 5.29. The first-order valence-corrected chi connectivity index (χ1v) is 6.46. The van der Waals surface area contributed by atoms with Crippen molar-refractivity contribution >= 4 is 0 Å². The van der Waals surface area contributed by atoms with Gasteiger partial charge in [-0.3, -0.25) is 0 Å². The van der Waals surface area contributed by atoms with E-state index in [4.69, 9.17) is 4.42 Å². The molecule has 0 bridgehead atoms. The summed E-state index contributed by atoms with van der Waals surface area (Å²) in [4.78, 5) is 4.38. The molecule has 0 aliphatic heterocycles. The molecule has 2 atom stereocenters. The molecule has 2 saturated carbocycles. The van der Waals surface area contributed by atoms with E-state index in [1.165, 1.54) is 19.3 Å². The van der Waals surface area contributed by atoms with E-state index in [1.54, 1.807) is 0 Å². The van der Waals surface area contributed by atoms with Crippen molar-refractivity contribution < 1.29 is 4.42 Å². The van der Waals surface area contributed by atoms with Crippen molar-refractivity contribution in [2.24, 2.45) is 11.8 Å². The average molecular weight is 220 g/mol. The van der Waals surface area contributed by atoms with Gasteiger partial charge in [-0.15, -0.1) is 0 Å². The Balaban J connectivity index is 1.55. The largest absolute Gasteiger partial charge is 0.445 e. The molecule has 1 aromatic rings. The van der Waals surface area contributed by atoms with Crippen molar-refractivity contribution in [3.63, 3.8) is 0 Å². The van der Waals surface area contributed by atoms with Crippen LogP contribution in [0.5, 0.6) is 0 Å². The van der Waals surface area contributed by atoms with Crippen LogP contribution in [-0.2, 0) is 6.42 Å². The Morgan fingerprint density at radius 3 is 2.94 bits per heavy atom. The normalized spacial score (nSPS) is 31.7. The van der Waals surface area contributed by atoms with Crippen LogP contribution in [0.1, 0.15) is 43.3 Å². The molecule has 0 amide bonds. The molecule has 3 heteroatoms. The van der Waals surface area contributed by atoms with Gasteiger partial charge < -0.3 is 9.73 Å². The Morgan fingerprint density at radius 2 is 2.19 bits per heavy atom. The lowest BCUT2D eigenvalue weighted by Gasteiger charge is -2.06. The maximum atomic E-state index is 5.84. The molecular weight excluding hydrogens is 200 g/mol. The quantitative estimate of drug-likeness (QED) is 0.774. The number of aromatic nitrogens is 1. The smallest absolute Gasteiger partial charge is 0.194 e. The first-order chi connectivity index (χ1) is 7.86. The van der Waals surface area contributed by atoms with Crippen molar-refractivity contribution in [3.05, 3.63) is 17.8 Å². The van der Waals surface area contributed by atoms with Crippen molar-refractivity contribution in [1.29, 1.82) is 0 Å². The number of hydrogen-bond donors (Lipinski definition) is 1. The number of nitrogens with zero attached hydrogens (tertiary/aromatic N) is 1. The average Bonchev–Trinajstić information content (AvgIpc) is 2.76. The van der Waals surface area contributed by atoms with Gasteiger partial charge in [-0.1, -0.05) is 0 Å². The number of fused-ring (bicyclic) bond motifs is 1. The highest BCUT2D eigenvalue weighted by Crippen LogP contribution is 2.57. The van der Waals surface area contributed by atoms with E-state index >= 15 is 0 Å². The van der Waals surface area contributed by atoms with Gasteiger partial charge in [0.1, 0.15) is 5.76 Å². The Hall–Kier alpha value is -0.830. The lowest BCUT2D eigenvalue weighted by Crippen LogP contribution is -2.08. The molecule has 0 radical (unpaired) electrons. The molecule has 0 aromatic carbocycles. The summed E-state index contributed by atoms with van der Waals surface area (Å²) < 4.78 is 5.84. The lowest BCUT2D eigenvalue weighted by atomic mass is 10.0. The van der Waals surface area contributed by atoms with Crippen LogP contribution >= 0.6 is 0 Å². The topological polar surface area (TPSA) is 38.1 Å². The highest BCUT2D eigenvalue weighted by molar-refractivity contribution is 5.11. The van der Waals surface area contributed by atoms with Crippen molar-refractivity contribution in [2.45, 2.75) is 38.0 Å². The fraction of sp³-hybridized carbons (Fsp3) is 0.769. The number of hydrogen-bond acceptors (Lipinski definition) is 3.